The molecule has 0 fully saturated rings. The fourth-order valence-electron chi connectivity index (χ4n) is 2.50. The van der Waals surface area contributed by atoms with Crippen molar-refractivity contribution in [1.82, 2.24) is 10.3 Å². The van der Waals surface area contributed by atoms with Gasteiger partial charge in [-0.25, -0.2) is 4.98 Å². The van der Waals surface area contributed by atoms with E-state index in [-0.39, 0.29) is 12.1 Å². The maximum Gasteiger partial charge on any atom is 0.416 e. The Balaban J connectivity index is 1.69. The van der Waals surface area contributed by atoms with Gasteiger partial charge in [-0.15, -0.1) is 11.3 Å². The van der Waals surface area contributed by atoms with Crippen molar-refractivity contribution >= 4 is 34.5 Å². The van der Waals surface area contributed by atoms with Gasteiger partial charge in [-0.05, 0) is 23.8 Å². The molecule has 1 aromatic heterocycles. The van der Waals surface area contributed by atoms with Crippen LogP contribution in [-0.2, 0) is 19.3 Å². The van der Waals surface area contributed by atoms with Crippen LogP contribution in [0, 0.1) is 0 Å². The lowest BCUT2D eigenvalue weighted by Gasteiger charge is -2.12. The maximum atomic E-state index is 13.0. The second kappa shape index (κ2) is 7.96. The summed E-state index contributed by atoms with van der Waals surface area (Å²) in [6.45, 7) is 0.441. The van der Waals surface area contributed by atoms with Crippen LogP contribution < -0.4 is 5.32 Å². The molecule has 2 nitrogen and oxygen atoms in total. The number of hydrogen-bond donors (Lipinski definition) is 1. The van der Waals surface area contributed by atoms with Crippen LogP contribution in [0.5, 0.6) is 0 Å². The van der Waals surface area contributed by atoms with E-state index in [4.69, 9.17) is 23.2 Å². The third-order valence-corrected chi connectivity index (χ3v) is 5.32. The molecule has 136 valence electrons. The van der Waals surface area contributed by atoms with Crippen LogP contribution in [0.4, 0.5) is 13.2 Å². The summed E-state index contributed by atoms with van der Waals surface area (Å²) in [6.07, 6.45) is -2.70. The fourth-order valence-corrected chi connectivity index (χ4v) is 4.17. The Bertz CT molecular complexity index is 889. The Kier molecular flexibility index (Phi) is 5.87. The number of thiazole rings is 1. The fraction of sp³-hybridized carbons (Fsp3) is 0.167. The van der Waals surface area contributed by atoms with Crippen LogP contribution in [-0.4, -0.2) is 4.98 Å². The van der Waals surface area contributed by atoms with Gasteiger partial charge in [-0.3, -0.25) is 0 Å². The smallest absolute Gasteiger partial charge is 0.306 e. The number of alkyl halides is 3. The van der Waals surface area contributed by atoms with Crippen molar-refractivity contribution < 1.29 is 13.2 Å². The van der Waals surface area contributed by atoms with Crippen molar-refractivity contribution in [3.05, 3.63) is 74.8 Å². The van der Waals surface area contributed by atoms with E-state index in [1.54, 1.807) is 30.5 Å². The summed E-state index contributed by atoms with van der Waals surface area (Å²) < 4.78 is 39.0. The third kappa shape index (κ3) is 4.38. The third-order valence-electron chi connectivity index (χ3n) is 3.68. The zero-order valence-electron chi connectivity index (χ0n) is 13.3. The molecule has 0 aliphatic heterocycles. The molecule has 0 saturated heterocycles. The summed E-state index contributed by atoms with van der Waals surface area (Å²) >= 11 is 13.8. The summed E-state index contributed by atoms with van der Waals surface area (Å²) in [5.41, 5.74) is 0.281. The Morgan fingerprint density at radius 1 is 0.962 bits per heavy atom. The first-order valence-electron chi connectivity index (χ1n) is 7.61. The number of hydrogen-bond acceptors (Lipinski definition) is 3. The van der Waals surface area contributed by atoms with Crippen molar-refractivity contribution in [2.24, 2.45) is 0 Å². The van der Waals surface area contributed by atoms with E-state index in [0.29, 0.717) is 22.2 Å². The first-order chi connectivity index (χ1) is 12.4. The standard InChI is InChI=1S/C18H13Cl2F3N2S/c19-13-6-3-7-14(20)17(13)15-9-25-16(26-15)10-24-8-11-4-1-2-5-12(11)18(21,22)23/h1-7,9,24H,8,10H2. The molecule has 26 heavy (non-hydrogen) atoms. The maximum absolute atomic E-state index is 13.0. The first kappa shape index (κ1) is 19.2. The zero-order valence-corrected chi connectivity index (χ0v) is 15.6. The van der Waals surface area contributed by atoms with Crippen LogP contribution >= 0.6 is 34.5 Å². The van der Waals surface area contributed by atoms with Gasteiger partial charge >= 0.3 is 6.18 Å². The normalized spacial score (nSPS) is 11.7. The molecule has 3 rings (SSSR count). The van der Waals surface area contributed by atoms with E-state index in [2.05, 4.69) is 10.3 Å². The quantitative estimate of drug-likeness (QED) is 0.518. The van der Waals surface area contributed by atoms with E-state index >= 15 is 0 Å². The molecule has 1 N–H and O–H groups in total. The number of benzene rings is 2. The largest absolute Gasteiger partial charge is 0.416 e. The van der Waals surface area contributed by atoms with E-state index in [1.165, 1.54) is 23.5 Å². The number of halogens is 5. The Morgan fingerprint density at radius 3 is 2.35 bits per heavy atom. The highest BCUT2D eigenvalue weighted by Crippen LogP contribution is 2.37. The van der Waals surface area contributed by atoms with Crippen molar-refractivity contribution in [3.8, 4) is 10.4 Å². The molecule has 0 unspecified atom stereocenters. The zero-order chi connectivity index (χ0) is 18.7. The second-order valence-electron chi connectivity index (χ2n) is 5.47. The molecule has 3 aromatic rings. The lowest BCUT2D eigenvalue weighted by Crippen LogP contribution is -2.17. The van der Waals surface area contributed by atoms with Gasteiger partial charge < -0.3 is 5.32 Å². The predicted octanol–water partition coefficient (Wildman–Crippen LogP) is 6.43. The molecular weight excluding hydrogens is 404 g/mol. The minimum Gasteiger partial charge on any atom is -0.306 e. The Morgan fingerprint density at radius 2 is 1.65 bits per heavy atom. The van der Waals surface area contributed by atoms with Crippen molar-refractivity contribution in [2.45, 2.75) is 19.3 Å². The predicted molar refractivity (Wildman–Crippen MR) is 99.6 cm³/mol. The van der Waals surface area contributed by atoms with Crippen molar-refractivity contribution in [1.29, 1.82) is 0 Å². The van der Waals surface area contributed by atoms with Crippen molar-refractivity contribution in [3.63, 3.8) is 0 Å². The monoisotopic (exact) mass is 416 g/mol. The van der Waals surface area contributed by atoms with Crippen LogP contribution in [0.25, 0.3) is 10.4 Å². The number of rotatable bonds is 5. The summed E-state index contributed by atoms with van der Waals surface area (Å²) in [5.74, 6) is 0. The minimum absolute atomic E-state index is 0.0947. The minimum atomic E-state index is -4.37. The number of nitrogens with one attached hydrogen (secondary N) is 1. The van der Waals surface area contributed by atoms with Gasteiger partial charge in [0.15, 0.2) is 0 Å². The van der Waals surface area contributed by atoms with E-state index < -0.39 is 11.7 Å². The first-order valence-corrected chi connectivity index (χ1v) is 9.18. The molecule has 0 radical (unpaired) electrons. The molecule has 2 aromatic carbocycles. The lowest BCUT2D eigenvalue weighted by molar-refractivity contribution is -0.138. The highest BCUT2D eigenvalue weighted by atomic mass is 35.5. The average Bonchev–Trinajstić information content (AvgIpc) is 3.03. The Hall–Kier alpha value is -1.60. The lowest BCUT2D eigenvalue weighted by atomic mass is 10.1. The van der Waals surface area contributed by atoms with Gasteiger partial charge in [0.25, 0.3) is 0 Å². The highest BCUT2D eigenvalue weighted by molar-refractivity contribution is 7.15. The molecule has 0 atom stereocenters. The molecule has 0 spiro atoms. The molecule has 0 aliphatic rings. The number of aromatic nitrogens is 1. The molecule has 8 heteroatoms. The van der Waals surface area contributed by atoms with Crippen molar-refractivity contribution in [2.75, 3.05) is 0 Å². The van der Waals surface area contributed by atoms with Crippen LogP contribution in [0.3, 0.4) is 0 Å². The van der Waals surface area contributed by atoms with Gasteiger partial charge in [-0.2, -0.15) is 13.2 Å². The van der Waals surface area contributed by atoms with Gasteiger partial charge in [0.2, 0.25) is 0 Å². The summed E-state index contributed by atoms with van der Waals surface area (Å²) in [4.78, 5) is 5.11. The second-order valence-corrected chi connectivity index (χ2v) is 7.40. The van der Waals surface area contributed by atoms with Crippen LogP contribution in [0.2, 0.25) is 10.0 Å². The molecule has 0 aliphatic carbocycles. The highest BCUT2D eigenvalue weighted by Gasteiger charge is 2.32. The summed E-state index contributed by atoms with van der Waals surface area (Å²) in [6, 6.07) is 10.8. The van der Waals surface area contributed by atoms with E-state index in [1.807, 2.05) is 0 Å². The summed E-state index contributed by atoms with van der Waals surface area (Å²) in [7, 11) is 0. The van der Waals surface area contributed by atoms with E-state index in [0.717, 1.165) is 16.0 Å². The molecule has 0 amide bonds. The van der Waals surface area contributed by atoms with Gasteiger partial charge in [0, 0.05) is 24.8 Å². The molecule has 1 heterocycles. The SMILES string of the molecule is FC(F)(F)c1ccccc1CNCc1ncc(-c2c(Cl)cccc2Cl)s1. The van der Waals surface area contributed by atoms with Gasteiger partial charge in [0.1, 0.15) is 5.01 Å². The van der Waals surface area contributed by atoms with Crippen LogP contribution in [0.1, 0.15) is 16.1 Å². The summed E-state index contributed by atoms with van der Waals surface area (Å²) in [5, 5.41) is 4.80. The number of nitrogens with zero attached hydrogens (tertiary/aromatic N) is 1. The molecule has 0 saturated carbocycles. The van der Waals surface area contributed by atoms with Gasteiger partial charge in [0.05, 0.1) is 20.5 Å². The van der Waals surface area contributed by atoms with E-state index in [9.17, 15) is 13.2 Å². The average molecular weight is 417 g/mol. The molecule has 0 bridgehead atoms. The molecular formula is C18H13Cl2F3N2S. The van der Waals surface area contributed by atoms with Crippen LogP contribution in [0.15, 0.2) is 48.7 Å². The Labute approximate surface area is 162 Å². The van der Waals surface area contributed by atoms with Gasteiger partial charge in [-0.1, -0.05) is 47.5 Å². The topological polar surface area (TPSA) is 24.9 Å².